The van der Waals surface area contributed by atoms with Gasteiger partial charge in [0, 0.05) is 6.07 Å². The van der Waals surface area contributed by atoms with Gasteiger partial charge >= 0.3 is 0 Å². The Kier molecular flexibility index (Phi) is 3.83. The number of hydrogen-bond donors (Lipinski definition) is 0. The van der Waals surface area contributed by atoms with Crippen LogP contribution in [0.25, 0.3) is 10.3 Å². The molecule has 0 saturated heterocycles. The molecule has 0 N–H and O–H groups in total. The molecule has 14 heavy (non-hydrogen) atoms. The zero-order chi connectivity index (χ0) is 10.6. The minimum Gasteiger partial charge on any atom is -0.481 e. The zero-order valence-electron chi connectivity index (χ0n) is 8.87. The van der Waals surface area contributed by atoms with Gasteiger partial charge in [0.25, 0.3) is 0 Å². The highest BCUT2D eigenvalue weighted by Gasteiger charge is 2.02. The van der Waals surface area contributed by atoms with E-state index in [-0.39, 0.29) is 0 Å². The van der Waals surface area contributed by atoms with Gasteiger partial charge in [0.1, 0.15) is 10.3 Å². The van der Waals surface area contributed by atoms with Crippen LogP contribution in [0, 0.1) is 6.92 Å². The van der Waals surface area contributed by atoms with Gasteiger partial charge in [0.2, 0.25) is 5.88 Å². The summed E-state index contributed by atoms with van der Waals surface area (Å²) >= 11 is 1.58. The molecule has 0 aliphatic carbocycles. The van der Waals surface area contributed by atoms with E-state index in [2.05, 4.69) is 9.97 Å². The van der Waals surface area contributed by atoms with Crippen LogP contribution in [0.1, 0.15) is 18.9 Å². The molecular formula is C10H14N2OS. The number of rotatable bonds is 1. The van der Waals surface area contributed by atoms with Gasteiger partial charge in [-0.15, -0.1) is 0 Å². The van der Waals surface area contributed by atoms with Gasteiger partial charge in [-0.3, -0.25) is 0 Å². The van der Waals surface area contributed by atoms with Crippen LogP contribution in [-0.2, 0) is 0 Å². The number of aryl methyl sites for hydroxylation is 1. The summed E-state index contributed by atoms with van der Waals surface area (Å²) in [7, 11) is 1.61. The molecule has 0 aliphatic heterocycles. The molecule has 2 aromatic heterocycles. The summed E-state index contributed by atoms with van der Waals surface area (Å²) < 4.78 is 5.00. The van der Waals surface area contributed by atoms with E-state index in [1.165, 1.54) is 0 Å². The topological polar surface area (TPSA) is 35.0 Å². The average molecular weight is 210 g/mol. The van der Waals surface area contributed by atoms with Gasteiger partial charge in [0.05, 0.1) is 12.1 Å². The van der Waals surface area contributed by atoms with E-state index in [1.54, 1.807) is 18.4 Å². The number of thiazole rings is 1. The number of aromatic nitrogens is 2. The first-order chi connectivity index (χ1) is 6.79. The third-order valence-electron chi connectivity index (χ3n) is 1.55. The molecule has 2 rings (SSSR count). The largest absolute Gasteiger partial charge is 0.481 e. The number of fused-ring (bicyclic) bond motifs is 1. The third kappa shape index (κ3) is 2.20. The Bertz CT molecular complexity index is 411. The lowest BCUT2D eigenvalue weighted by atomic mass is 10.4. The standard InChI is InChI=1S/C8H8N2OS.C2H6/c1-5-9-6-3-4-7(11-2)10-8(6)12-5;1-2/h3-4H,1-2H3;1-2H3. The predicted octanol–water partition coefficient (Wildman–Crippen LogP) is 3.03. The van der Waals surface area contributed by atoms with Crippen molar-refractivity contribution in [1.82, 2.24) is 9.97 Å². The van der Waals surface area contributed by atoms with Gasteiger partial charge in [-0.1, -0.05) is 25.2 Å². The van der Waals surface area contributed by atoms with E-state index in [4.69, 9.17) is 4.74 Å². The van der Waals surface area contributed by atoms with Crippen LogP contribution in [-0.4, -0.2) is 17.1 Å². The molecule has 0 bridgehead atoms. The molecule has 3 nitrogen and oxygen atoms in total. The van der Waals surface area contributed by atoms with E-state index in [0.29, 0.717) is 5.88 Å². The molecule has 4 heteroatoms. The number of methoxy groups -OCH3 is 1. The first-order valence-electron chi connectivity index (χ1n) is 4.58. The number of hydrogen-bond acceptors (Lipinski definition) is 4. The number of nitrogens with zero attached hydrogens (tertiary/aromatic N) is 2. The SMILES string of the molecule is CC.COc1ccc2nc(C)sc2n1. The molecule has 0 unspecified atom stereocenters. The third-order valence-corrected chi connectivity index (χ3v) is 2.43. The summed E-state index contributed by atoms with van der Waals surface area (Å²) in [6, 6.07) is 3.74. The normalized spacial score (nSPS) is 9.43. The van der Waals surface area contributed by atoms with Gasteiger partial charge in [-0.2, -0.15) is 0 Å². The monoisotopic (exact) mass is 210 g/mol. The second-order valence-electron chi connectivity index (χ2n) is 2.41. The summed E-state index contributed by atoms with van der Waals surface area (Å²) in [4.78, 5) is 9.47. The minimum atomic E-state index is 0.645. The van der Waals surface area contributed by atoms with Crippen LogP contribution in [0.2, 0.25) is 0 Å². The van der Waals surface area contributed by atoms with Crippen LogP contribution >= 0.6 is 11.3 Å². The molecule has 0 aliphatic rings. The van der Waals surface area contributed by atoms with Crippen molar-refractivity contribution in [2.24, 2.45) is 0 Å². The molecule has 0 saturated carbocycles. The molecule has 76 valence electrons. The predicted molar refractivity (Wildman–Crippen MR) is 60.1 cm³/mol. The molecule has 2 heterocycles. The molecular weight excluding hydrogens is 196 g/mol. The van der Waals surface area contributed by atoms with Crippen LogP contribution in [0.15, 0.2) is 12.1 Å². The maximum atomic E-state index is 5.00. The quantitative estimate of drug-likeness (QED) is 0.725. The Morgan fingerprint density at radius 1 is 1.21 bits per heavy atom. The van der Waals surface area contributed by atoms with Crippen LogP contribution in [0.5, 0.6) is 5.88 Å². The summed E-state index contributed by atoms with van der Waals surface area (Å²) in [6.45, 7) is 5.97. The lowest BCUT2D eigenvalue weighted by Crippen LogP contribution is -1.85. The van der Waals surface area contributed by atoms with E-state index in [0.717, 1.165) is 15.4 Å². The highest BCUT2D eigenvalue weighted by Crippen LogP contribution is 2.21. The summed E-state index contributed by atoms with van der Waals surface area (Å²) in [5.74, 6) is 0.645. The maximum absolute atomic E-state index is 5.00. The minimum absolute atomic E-state index is 0.645. The van der Waals surface area contributed by atoms with Crippen molar-refractivity contribution < 1.29 is 4.74 Å². The molecule has 0 radical (unpaired) electrons. The van der Waals surface area contributed by atoms with Crippen LogP contribution < -0.4 is 4.74 Å². The lowest BCUT2D eigenvalue weighted by Gasteiger charge is -1.95. The Morgan fingerprint density at radius 3 is 2.57 bits per heavy atom. The second kappa shape index (κ2) is 4.91. The fourth-order valence-electron chi connectivity index (χ4n) is 1.02. The van der Waals surface area contributed by atoms with Gasteiger partial charge in [-0.05, 0) is 13.0 Å². The van der Waals surface area contributed by atoms with Gasteiger partial charge < -0.3 is 4.74 Å². The van der Waals surface area contributed by atoms with Crippen molar-refractivity contribution in [3.8, 4) is 5.88 Å². The highest BCUT2D eigenvalue weighted by atomic mass is 32.1. The summed E-state index contributed by atoms with van der Waals surface area (Å²) in [5, 5.41) is 1.03. The van der Waals surface area contributed by atoms with E-state index in [1.807, 2.05) is 32.9 Å². The Hall–Kier alpha value is -1.16. The Balaban J connectivity index is 0.000000461. The van der Waals surface area contributed by atoms with Crippen LogP contribution in [0.4, 0.5) is 0 Å². The Morgan fingerprint density at radius 2 is 1.93 bits per heavy atom. The summed E-state index contributed by atoms with van der Waals surface area (Å²) in [6.07, 6.45) is 0. The van der Waals surface area contributed by atoms with Crippen molar-refractivity contribution in [1.29, 1.82) is 0 Å². The number of ether oxygens (including phenoxy) is 1. The van der Waals surface area contributed by atoms with Crippen molar-refractivity contribution in [3.63, 3.8) is 0 Å². The smallest absolute Gasteiger partial charge is 0.214 e. The van der Waals surface area contributed by atoms with Crippen molar-refractivity contribution >= 4 is 21.7 Å². The van der Waals surface area contributed by atoms with E-state index in [9.17, 15) is 0 Å². The van der Waals surface area contributed by atoms with E-state index < -0.39 is 0 Å². The van der Waals surface area contributed by atoms with Gasteiger partial charge in [0.15, 0.2) is 0 Å². The van der Waals surface area contributed by atoms with Gasteiger partial charge in [-0.25, -0.2) is 9.97 Å². The maximum Gasteiger partial charge on any atom is 0.214 e. The fraction of sp³-hybridized carbons (Fsp3) is 0.400. The second-order valence-corrected chi connectivity index (χ2v) is 3.59. The molecule has 0 amide bonds. The highest BCUT2D eigenvalue weighted by molar-refractivity contribution is 7.18. The average Bonchev–Trinajstić information content (AvgIpc) is 2.59. The first-order valence-corrected chi connectivity index (χ1v) is 5.39. The Labute approximate surface area is 87.8 Å². The van der Waals surface area contributed by atoms with Crippen molar-refractivity contribution in [2.75, 3.05) is 7.11 Å². The fourth-order valence-corrected chi connectivity index (χ4v) is 1.80. The molecule has 0 spiro atoms. The molecule has 2 aromatic rings. The van der Waals surface area contributed by atoms with Crippen molar-refractivity contribution in [3.05, 3.63) is 17.1 Å². The first kappa shape index (κ1) is 10.9. The molecule has 0 fully saturated rings. The van der Waals surface area contributed by atoms with Crippen LogP contribution in [0.3, 0.4) is 0 Å². The lowest BCUT2D eigenvalue weighted by molar-refractivity contribution is 0.400. The number of pyridine rings is 1. The van der Waals surface area contributed by atoms with Crippen molar-refractivity contribution in [2.45, 2.75) is 20.8 Å². The van der Waals surface area contributed by atoms with E-state index >= 15 is 0 Å². The molecule has 0 atom stereocenters. The summed E-state index contributed by atoms with van der Waals surface area (Å²) in [5.41, 5.74) is 0.943. The molecule has 0 aromatic carbocycles. The zero-order valence-corrected chi connectivity index (χ0v) is 9.68.